The van der Waals surface area contributed by atoms with Crippen molar-refractivity contribution in [2.24, 2.45) is 0 Å². The lowest BCUT2D eigenvalue weighted by atomic mass is 10.1. The van der Waals surface area contributed by atoms with Crippen molar-refractivity contribution in [3.05, 3.63) is 58.4 Å². The molecule has 1 aliphatic heterocycles. The van der Waals surface area contributed by atoms with Gasteiger partial charge < -0.3 is 15.2 Å². The number of amides is 1. The summed E-state index contributed by atoms with van der Waals surface area (Å²) < 4.78 is 72.5. The van der Waals surface area contributed by atoms with Gasteiger partial charge in [-0.25, -0.2) is 21.6 Å². The molecule has 1 heterocycles. The minimum atomic E-state index is -4.41. The Morgan fingerprint density at radius 1 is 1.25 bits per heavy atom. The quantitative estimate of drug-likeness (QED) is 0.646. The predicted octanol–water partition coefficient (Wildman–Crippen LogP) is 2.92. The van der Waals surface area contributed by atoms with Gasteiger partial charge in [-0.3, -0.25) is 4.79 Å². The lowest BCUT2D eigenvalue weighted by Crippen LogP contribution is -2.48. The zero-order chi connectivity index (χ0) is 23.5. The molecule has 1 atom stereocenters. The number of aliphatic hydroxyl groups is 1. The van der Waals surface area contributed by atoms with E-state index >= 15 is 0 Å². The maximum absolute atomic E-state index is 13.6. The molecule has 0 aliphatic carbocycles. The Labute approximate surface area is 187 Å². The smallest absolute Gasteiger partial charge is 0.255 e. The summed E-state index contributed by atoms with van der Waals surface area (Å²) in [5, 5.41) is 12.5. The monoisotopic (exact) mass is 492 g/mol. The summed E-state index contributed by atoms with van der Waals surface area (Å²) in [5.41, 5.74) is -2.21. The van der Waals surface area contributed by atoms with Crippen molar-refractivity contribution < 1.29 is 36.2 Å². The number of sulfonamides is 1. The van der Waals surface area contributed by atoms with Crippen molar-refractivity contribution in [3.63, 3.8) is 0 Å². The van der Waals surface area contributed by atoms with Gasteiger partial charge in [-0.05, 0) is 30.3 Å². The molecular weight excluding hydrogens is 473 g/mol. The van der Waals surface area contributed by atoms with E-state index in [0.29, 0.717) is 0 Å². The normalized spacial score (nSPS) is 20.0. The van der Waals surface area contributed by atoms with Gasteiger partial charge >= 0.3 is 0 Å². The molecule has 1 aliphatic rings. The highest BCUT2D eigenvalue weighted by Crippen LogP contribution is 2.27. The van der Waals surface area contributed by atoms with Crippen molar-refractivity contribution in [1.29, 1.82) is 0 Å². The minimum Gasteiger partial charge on any atom is -0.383 e. The molecular formula is C20H20ClF3N2O5S. The Morgan fingerprint density at radius 3 is 2.66 bits per heavy atom. The second-order valence-corrected chi connectivity index (χ2v) is 9.60. The highest BCUT2D eigenvalue weighted by atomic mass is 35.5. The highest BCUT2D eigenvalue weighted by molar-refractivity contribution is 7.89. The number of nitrogens with one attached hydrogen (secondary N) is 1. The summed E-state index contributed by atoms with van der Waals surface area (Å²) >= 11 is 5.69. The molecule has 2 aromatic rings. The molecule has 12 heteroatoms. The number of halogens is 4. The molecule has 1 unspecified atom stereocenters. The maximum atomic E-state index is 13.6. The van der Waals surface area contributed by atoms with E-state index in [1.54, 1.807) is 0 Å². The van der Waals surface area contributed by atoms with Crippen molar-refractivity contribution in [1.82, 2.24) is 4.31 Å². The van der Waals surface area contributed by atoms with Crippen LogP contribution in [0.5, 0.6) is 0 Å². The fourth-order valence-electron chi connectivity index (χ4n) is 3.13. The zero-order valence-corrected chi connectivity index (χ0v) is 18.2. The summed E-state index contributed by atoms with van der Waals surface area (Å²) in [6.45, 7) is -3.66. The van der Waals surface area contributed by atoms with Gasteiger partial charge in [0.05, 0.1) is 23.1 Å². The number of carbonyl (C=O) groups excluding carboxylic acids is 1. The number of hydrogen-bond acceptors (Lipinski definition) is 5. The van der Waals surface area contributed by atoms with Gasteiger partial charge in [0.15, 0.2) is 0 Å². The Hall–Kier alpha value is -2.18. The number of β-amino-alcohol motifs (C(OH)–C–C–N with tert-alkyl or cyclic N) is 1. The molecule has 0 aromatic heterocycles. The molecule has 0 spiro atoms. The summed E-state index contributed by atoms with van der Waals surface area (Å²) in [7, 11) is -4.41. The average Bonchev–Trinajstić information content (AvgIpc) is 2.98. The lowest BCUT2D eigenvalue weighted by molar-refractivity contribution is -0.0467. The molecule has 32 heavy (non-hydrogen) atoms. The highest BCUT2D eigenvalue weighted by Gasteiger charge is 2.39. The van der Waals surface area contributed by atoms with Crippen molar-refractivity contribution in [2.45, 2.75) is 17.2 Å². The summed E-state index contributed by atoms with van der Waals surface area (Å²) in [4.78, 5) is 12.1. The van der Waals surface area contributed by atoms with Gasteiger partial charge in [0.1, 0.15) is 24.8 Å². The minimum absolute atomic E-state index is 0.0992. The molecule has 3 rings (SSSR count). The standard InChI is InChI=1S/C20H20ClF3N2O5S/c21-16-8-15(3-4-17(16)24)25-19(27)13-1-2-14(9-22)18(7-13)32(29,30)26-5-6-31-12-20(28,10-23)11-26/h1-4,7-8,28H,5-6,9-12H2,(H,25,27). The van der Waals surface area contributed by atoms with Crippen LogP contribution in [-0.2, 0) is 21.4 Å². The fraction of sp³-hybridized carbons (Fsp3) is 0.350. The number of nitrogens with zero attached hydrogens (tertiary/aromatic N) is 1. The van der Waals surface area contributed by atoms with Crippen LogP contribution in [0.2, 0.25) is 5.02 Å². The van der Waals surface area contributed by atoms with E-state index in [2.05, 4.69) is 5.32 Å². The largest absolute Gasteiger partial charge is 0.383 e. The van der Waals surface area contributed by atoms with E-state index in [1.807, 2.05) is 0 Å². The van der Waals surface area contributed by atoms with Crippen molar-refractivity contribution >= 4 is 33.2 Å². The Balaban J connectivity index is 1.94. The topological polar surface area (TPSA) is 95.9 Å². The van der Waals surface area contributed by atoms with Crippen molar-refractivity contribution in [2.75, 3.05) is 38.3 Å². The second kappa shape index (κ2) is 9.75. The summed E-state index contributed by atoms with van der Waals surface area (Å²) in [6.07, 6.45) is 0. The van der Waals surface area contributed by atoms with Gasteiger partial charge in [0.2, 0.25) is 10.0 Å². The first-order valence-corrected chi connectivity index (χ1v) is 11.2. The SMILES string of the molecule is O=C(Nc1ccc(F)c(Cl)c1)c1ccc(CF)c(S(=O)(=O)N2CCOCC(O)(CF)C2)c1. The van der Waals surface area contributed by atoms with Crippen molar-refractivity contribution in [3.8, 4) is 0 Å². The van der Waals surface area contributed by atoms with E-state index in [1.165, 1.54) is 18.2 Å². The van der Waals surface area contributed by atoms with Gasteiger partial charge in [-0.2, -0.15) is 4.31 Å². The van der Waals surface area contributed by atoms with Crippen LogP contribution in [0.3, 0.4) is 0 Å². The number of anilines is 1. The number of carbonyl (C=O) groups is 1. The molecule has 0 bridgehead atoms. The number of benzene rings is 2. The average molecular weight is 493 g/mol. The maximum Gasteiger partial charge on any atom is 0.255 e. The molecule has 2 aromatic carbocycles. The third kappa shape index (κ3) is 5.24. The number of alkyl halides is 2. The molecule has 174 valence electrons. The van der Waals surface area contributed by atoms with Crippen LogP contribution in [0.15, 0.2) is 41.3 Å². The Morgan fingerprint density at radius 2 is 2.00 bits per heavy atom. The van der Waals surface area contributed by atoms with Gasteiger partial charge in [0.25, 0.3) is 5.91 Å². The van der Waals surface area contributed by atoms with E-state index in [0.717, 1.165) is 22.5 Å². The molecule has 1 saturated heterocycles. The first kappa shape index (κ1) is 24.5. The van der Waals surface area contributed by atoms with E-state index in [4.69, 9.17) is 16.3 Å². The second-order valence-electron chi connectivity index (χ2n) is 7.29. The predicted molar refractivity (Wildman–Crippen MR) is 111 cm³/mol. The number of rotatable bonds is 6. The zero-order valence-electron chi connectivity index (χ0n) is 16.7. The van der Waals surface area contributed by atoms with Crippen LogP contribution in [0.25, 0.3) is 0 Å². The molecule has 0 radical (unpaired) electrons. The van der Waals surface area contributed by atoms with Gasteiger partial charge in [0, 0.05) is 29.9 Å². The molecule has 1 amide bonds. The molecule has 2 N–H and O–H groups in total. The van der Waals surface area contributed by atoms with Crippen LogP contribution < -0.4 is 5.32 Å². The molecule has 0 saturated carbocycles. The molecule has 7 nitrogen and oxygen atoms in total. The van der Waals surface area contributed by atoms with Crippen LogP contribution in [0, 0.1) is 5.82 Å². The third-order valence-corrected chi connectivity index (χ3v) is 7.06. The van der Waals surface area contributed by atoms with E-state index in [-0.39, 0.29) is 35.0 Å². The van der Waals surface area contributed by atoms with Crippen LogP contribution in [0.1, 0.15) is 15.9 Å². The van der Waals surface area contributed by atoms with Crippen LogP contribution >= 0.6 is 11.6 Å². The summed E-state index contributed by atoms with van der Waals surface area (Å²) in [6, 6.07) is 6.87. The fourth-order valence-corrected chi connectivity index (χ4v) is 5.04. The van der Waals surface area contributed by atoms with Crippen LogP contribution in [-0.4, -0.2) is 62.3 Å². The number of ether oxygens (including phenoxy) is 1. The number of hydrogen-bond donors (Lipinski definition) is 2. The Bertz CT molecular complexity index is 1120. The Kier molecular flexibility index (Phi) is 7.46. The van der Waals surface area contributed by atoms with Gasteiger partial charge in [-0.15, -0.1) is 0 Å². The van der Waals surface area contributed by atoms with E-state index in [9.17, 15) is 31.5 Å². The van der Waals surface area contributed by atoms with Gasteiger partial charge in [-0.1, -0.05) is 17.7 Å². The molecule has 1 fully saturated rings. The first-order valence-electron chi connectivity index (χ1n) is 9.41. The summed E-state index contributed by atoms with van der Waals surface area (Å²) in [5.74, 6) is -1.42. The van der Waals surface area contributed by atoms with E-state index < -0.39 is 58.7 Å². The first-order chi connectivity index (χ1) is 15.1. The van der Waals surface area contributed by atoms with Crippen LogP contribution in [0.4, 0.5) is 18.9 Å². The third-order valence-electron chi connectivity index (χ3n) is 4.84. The lowest BCUT2D eigenvalue weighted by Gasteiger charge is -2.28.